The molecule has 2 N–H and O–H groups in total. The average Bonchev–Trinajstić information content (AvgIpc) is 2.57. The summed E-state index contributed by atoms with van der Waals surface area (Å²) in [5.74, 6) is 1.87. The number of ether oxygens (including phenoxy) is 2. The van der Waals surface area contributed by atoms with Crippen LogP contribution in [0.4, 0.5) is 5.69 Å². The Kier molecular flexibility index (Phi) is 4.33. The van der Waals surface area contributed by atoms with Gasteiger partial charge < -0.3 is 15.2 Å². The lowest BCUT2D eigenvalue weighted by molar-refractivity contribution is 0.438. The Morgan fingerprint density at radius 2 is 1.33 bits per heavy atom. The van der Waals surface area contributed by atoms with Crippen molar-refractivity contribution in [3.8, 4) is 23.3 Å². The fraction of sp³-hybridized carbons (Fsp3) is 0.158. The van der Waals surface area contributed by atoms with Crippen LogP contribution in [0.15, 0.2) is 48.8 Å². The number of hydrogen-bond donors (Lipinski definition) is 1. The van der Waals surface area contributed by atoms with Crippen LogP contribution in [0.5, 0.6) is 23.3 Å². The number of nitrogens with zero attached hydrogens (tertiary/aromatic N) is 2. The molecule has 0 aliphatic carbocycles. The van der Waals surface area contributed by atoms with Crippen LogP contribution in [0, 0.1) is 20.8 Å². The summed E-state index contributed by atoms with van der Waals surface area (Å²) in [5.41, 5.74) is 9.84. The van der Waals surface area contributed by atoms with Crippen LogP contribution in [-0.4, -0.2) is 9.97 Å². The van der Waals surface area contributed by atoms with Gasteiger partial charge in [-0.25, -0.2) is 0 Å². The lowest BCUT2D eigenvalue weighted by atomic mass is 10.1. The van der Waals surface area contributed by atoms with E-state index in [1.165, 1.54) is 11.9 Å². The molecule has 0 fully saturated rings. The normalized spacial score (nSPS) is 10.5. The Morgan fingerprint density at radius 1 is 0.750 bits per heavy atom. The molecule has 5 heteroatoms. The Hall–Kier alpha value is -3.08. The summed E-state index contributed by atoms with van der Waals surface area (Å²) in [6, 6.07) is 13.5. The maximum Gasteiger partial charge on any atom is 0.249 e. The molecule has 0 aliphatic rings. The van der Waals surface area contributed by atoms with E-state index in [9.17, 15) is 0 Å². The quantitative estimate of drug-likeness (QED) is 0.762. The summed E-state index contributed by atoms with van der Waals surface area (Å²) in [4.78, 5) is 8.20. The minimum Gasteiger partial charge on any atom is -0.437 e. The molecule has 1 aromatic heterocycles. The van der Waals surface area contributed by atoms with Crippen molar-refractivity contribution in [3.63, 3.8) is 0 Å². The molecule has 0 unspecified atom stereocenters. The molecule has 0 bridgehead atoms. The predicted octanol–water partition coefficient (Wildman–Crippen LogP) is 4.57. The summed E-state index contributed by atoms with van der Waals surface area (Å²) in [5, 5.41) is 0. The minimum atomic E-state index is 0.260. The summed E-state index contributed by atoms with van der Waals surface area (Å²) < 4.78 is 11.5. The zero-order valence-electron chi connectivity index (χ0n) is 13.9. The van der Waals surface area contributed by atoms with Crippen LogP contribution < -0.4 is 15.2 Å². The van der Waals surface area contributed by atoms with Gasteiger partial charge >= 0.3 is 0 Å². The molecular weight excluding hydrogens is 302 g/mol. The molecular formula is C19H19N3O2. The molecule has 5 nitrogen and oxygen atoms in total. The first-order chi connectivity index (χ1) is 11.5. The second kappa shape index (κ2) is 6.58. The molecule has 122 valence electrons. The lowest BCUT2D eigenvalue weighted by Crippen LogP contribution is -2.00. The zero-order valence-corrected chi connectivity index (χ0v) is 13.9. The van der Waals surface area contributed by atoms with E-state index in [1.54, 1.807) is 0 Å². The summed E-state index contributed by atoms with van der Waals surface area (Å²) >= 11 is 0. The van der Waals surface area contributed by atoms with E-state index in [-0.39, 0.29) is 17.4 Å². The van der Waals surface area contributed by atoms with E-state index < -0.39 is 0 Å². The third-order valence-electron chi connectivity index (χ3n) is 3.74. The Labute approximate surface area is 141 Å². The number of aryl methyl sites for hydroxylation is 3. The van der Waals surface area contributed by atoms with E-state index in [2.05, 4.69) is 9.97 Å². The van der Waals surface area contributed by atoms with Crippen molar-refractivity contribution >= 4 is 5.69 Å². The minimum absolute atomic E-state index is 0.260. The highest BCUT2D eigenvalue weighted by Crippen LogP contribution is 2.33. The predicted molar refractivity (Wildman–Crippen MR) is 93.7 cm³/mol. The molecule has 0 saturated heterocycles. The van der Waals surface area contributed by atoms with Crippen molar-refractivity contribution < 1.29 is 9.47 Å². The van der Waals surface area contributed by atoms with Gasteiger partial charge in [0.1, 0.15) is 17.8 Å². The van der Waals surface area contributed by atoms with Crippen LogP contribution in [0.2, 0.25) is 0 Å². The largest absolute Gasteiger partial charge is 0.437 e. The van der Waals surface area contributed by atoms with Gasteiger partial charge in [0.15, 0.2) is 5.69 Å². The van der Waals surface area contributed by atoms with Crippen molar-refractivity contribution in [1.29, 1.82) is 0 Å². The van der Waals surface area contributed by atoms with E-state index >= 15 is 0 Å². The van der Waals surface area contributed by atoms with E-state index in [0.29, 0.717) is 11.5 Å². The van der Waals surface area contributed by atoms with Gasteiger partial charge in [-0.3, -0.25) is 0 Å². The summed E-state index contributed by atoms with van der Waals surface area (Å²) in [7, 11) is 0. The maximum absolute atomic E-state index is 6.10. The highest BCUT2D eigenvalue weighted by Gasteiger charge is 2.12. The number of nitrogen functional groups attached to an aromatic ring is 1. The molecule has 0 atom stereocenters. The fourth-order valence-corrected chi connectivity index (χ4v) is 2.13. The van der Waals surface area contributed by atoms with Gasteiger partial charge in [-0.05, 0) is 56.2 Å². The van der Waals surface area contributed by atoms with Crippen molar-refractivity contribution in [2.24, 2.45) is 0 Å². The Bertz CT molecular complexity index is 861. The van der Waals surface area contributed by atoms with Gasteiger partial charge in [0.05, 0.1) is 0 Å². The van der Waals surface area contributed by atoms with Crippen molar-refractivity contribution in [2.45, 2.75) is 20.8 Å². The van der Waals surface area contributed by atoms with Crippen LogP contribution >= 0.6 is 0 Å². The van der Waals surface area contributed by atoms with Crippen LogP contribution in [0.1, 0.15) is 16.7 Å². The molecule has 0 radical (unpaired) electrons. The molecule has 0 aliphatic heterocycles. The van der Waals surface area contributed by atoms with Gasteiger partial charge in [-0.15, -0.1) is 0 Å². The molecule has 3 aromatic rings. The number of aromatic nitrogens is 2. The zero-order chi connectivity index (χ0) is 17.1. The highest BCUT2D eigenvalue weighted by molar-refractivity contribution is 5.58. The first kappa shape index (κ1) is 15.8. The number of rotatable bonds is 4. The second-order valence-electron chi connectivity index (χ2n) is 5.66. The Balaban J connectivity index is 1.84. The average molecular weight is 321 g/mol. The third kappa shape index (κ3) is 3.46. The third-order valence-corrected chi connectivity index (χ3v) is 3.74. The monoisotopic (exact) mass is 321 g/mol. The van der Waals surface area contributed by atoms with Crippen molar-refractivity contribution in [2.75, 3.05) is 5.73 Å². The summed E-state index contributed by atoms with van der Waals surface area (Å²) in [6.07, 6.45) is 1.37. The molecule has 0 spiro atoms. The Morgan fingerprint density at radius 3 is 1.96 bits per heavy atom. The number of hydrogen-bond acceptors (Lipinski definition) is 5. The number of nitrogens with two attached hydrogens (primary N) is 1. The van der Waals surface area contributed by atoms with Gasteiger partial charge in [-0.1, -0.05) is 23.8 Å². The molecule has 2 aromatic carbocycles. The fourth-order valence-electron chi connectivity index (χ4n) is 2.13. The molecule has 24 heavy (non-hydrogen) atoms. The van der Waals surface area contributed by atoms with Gasteiger partial charge in [-0.2, -0.15) is 9.97 Å². The van der Waals surface area contributed by atoms with E-state index in [0.717, 1.165) is 11.1 Å². The van der Waals surface area contributed by atoms with Crippen molar-refractivity contribution in [1.82, 2.24) is 9.97 Å². The van der Waals surface area contributed by atoms with Gasteiger partial charge in [0.25, 0.3) is 0 Å². The van der Waals surface area contributed by atoms with E-state index in [4.69, 9.17) is 15.2 Å². The highest BCUT2D eigenvalue weighted by atomic mass is 16.5. The van der Waals surface area contributed by atoms with Crippen molar-refractivity contribution in [3.05, 3.63) is 65.5 Å². The standard InChI is InChI=1S/C19H19N3O2/c1-12-4-7-15(8-5-12)23-18-17(20)19(22-11-21-18)24-16-9-6-13(2)14(3)10-16/h4-11H,20H2,1-3H3. The van der Waals surface area contributed by atoms with Crippen LogP contribution in [0.25, 0.3) is 0 Å². The van der Waals surface area contributed by atoms with Crippen LogP contribution in [0.3, 0.4) is 0 Å². The number of anilines is 1. The first-order valence-corrected chi connectivity index (χ1v) is 7.63. The topological polar surface area (TPSA) is 70.3 Å². The van der Waals surface area contributed by atoms with Gasteiger partial charge in [0, 0.05) is 0 Å². The maximum atomic E-state index is 6.10. The van der Waals surface area contributed by atoms with E-state index in [1.807, 2.05) is 63.2 Å². The van der Waals surface area contributed by atoms with Gasteiger partial charge in [0.2, 0.25) is 11.8 Å². The molecule has 0 amide bonds. The first-order valence-electron chi connectivity index (χ1n) is 7.63. The smallest absolute Gasteiger partial charge is 0.249 e. The molecule has 3 rings (SSSR count). The van der Waals surface area contributed by atoms with Crippen LogP contribution in [-0.2, 0) is 0 Å². The molecule has 1 heterocycles. The lowest BCUT2D eigenvalue weighted by Gasteiger charge is -2.12. The second-order valence-corrected chi connectivity index (χ2v) is 5.66. The summed E-state index contributed by atoms with van der Waals surface area (Å²) in [6.45, 7) is 6.08. The molecule has 0 saturated carbocycles. The number of benzene rings is 2. The SMILES string of the molecule is Cc1ccc(Oc2ncnc(Oc3ccc(C)c(C)c3)c2N)cc1.